The van der Waals surface area contributed by atoms with Gasteiger partial charge in [-0.3, -0.25) is 4.90 Å². The van der Waals surface area contributed by atoms with Crippen molar-refractivity contribution in [1.82, 2.24) is 15.1 Å². The largest absolute Gasteiger partial charge is 0.383 e. The Balaban J connectivity index is 2.41. The lowest BCUT2D eigenvalue weighted by Gasteiger charge is -2.40. The fourth-order valence-electron chi connectivity index (χ4n) is 2.74. The monoisotopic (exact) mass is 285 g/mol. The van der Waals surface area contributed by atoms with E-state index in [1.165, 1.54) is 19.6 Å². The van der Waals surface area contributed by atoms with Gasteiger partial charge in [0.2, 0.25) is 0 Å². The molecule has 0 aromatic rings. The van der Waals surface area contributed by atoms with Gasteiger partial charge >= 0.3 is 0 Å². The Bertz CT molecular complexity index is 255. The van der Waals surface area contributed by atoms with Crippen LogP contribution in [0.5, 0.6) is 0 Å². The number of nitrogens with zero attached hydrogens (tertiary/aromatic N) is 2. The van der Waals surface area contributed by atoms with Gasteiger partial charge in [0.25, 0.3) is 0 Å². The molecule has 4 nitrogen and oxygen atoms in total. The van der Waals surface area contributed by atoms with E-state index in [2.05, 4.69) is 49.7 Å². The summed E-state index contributed by atoms with van der Waals surface area (Å²) in [5, 5.41) is 3.61. The molecule has 0 bridgehead atoms. The molecule has 1 heterocycles. The molecule has 1 unspecified atom stereocenters. The molecule has 0 aliphatic carbocycles. The van der Waals surface area contributed by atoms with Gasteiger partial charge in [-0.15, -0.1) is 0 Å². The molecule has 20 heavy (non-hydrogen) atoms. The Morgan fingerprint density at radius 1 is 1.10 bits per heavy atom. The Morgan fingerprint density at radius 2 is 1.70 bits per heavy atom. The van der Waals surface area contributed by atoms with Crippen LogP contribution in [-0.2, 0) is 4.74 Å². The third-order valence-electron chi connectivity index (χ3n) is 3.77. The van der Waals surface area contributed by atoms with Gasteiger partial charge in [-0.25, -0.2) is 0 Å². The third kappa shape index (κ3) is 7.02. The lowest BCUT2D eigenvalue weighted by Crippen LogP contribution is -2.56. The predicted octanol–water partition coefficient (Wildman–Crippen LogP) is 1.66. The summed E-state index contributed by atoms with van der Waals surface area (Å²) in [7, 11) is 1.80. The van der Waals surface area contributed by atoms with Crippen molar-refractivity contribution < 1.29 is 4.74 Å². The summed E-state index contributed by atoms with van der Waals surface area (Å²) in [6.45, 7) is 19.0. The molecule has 1 rings (SSSR count). The minimum absolute atomic E-state index is 0.172. The first-order chi connectivity index (χ1) is 9.31. The average molecular weight is 285 g/mol. The second kappa shape index (κ2) is 8.32. The Hall–Kier alpha value is -0.160. The van der Waals surface area contributed by atoms with E-state index in [0.29, 0.717) is 6.04 Å². The van der Waals surface area contributed by atoms with Gasteiger partial charge in [-0.05, 0) is 26.7 Å². The number of hydrogen-bond acceptors (Lipinski definition) is 4. The predicted molar refractivity (Wildman–Crippen MR) is 86.3 cm³/mol. The smallest absolute Gasteiger partial charge is 0.0630 e. The molecule has 1 aliphatic rings. The first-order valence-electron chi connectivity index (χ1n) is 8.02. The number of ether oxygens (including phenoxy) is 1. The summed E-state index contributed by atoms with van der Waals surface area (Å²) < 4.78 is 5.42. The van der Waals surface area contributed by atoms with Crippen LogP contribution in [0.2, 0.25) is 0 Å². The molecule has 0 radical (unpaired) electrons. The van der Waals surface area contributed by atoms with Gasteiger partial charge in [0, 0.05) is 58.0 Å². The maximum absolute atomic E-state index is 5.42. The van der Waals surface area contributed by atoms with Crippen molar-refractivity contribution in [2.45, 2.75) is 46.2 Å². The zero-order chi connectivity index (χ0) is 15.2. The van der Waals surface area contributed by atoms with Gasteiger partial charge < -0.3 is 15.0 Å². The molecule has 0 aromatic carbocycles. The Kier molecular flexibility index (Phi) is 7.45. The number of methoxy groups -OCH3 is 1. The molecule has 120 valence electrons. The first kappa shape index (κ1) is 17.9. The fourth-order valence-corrected chi connectivity index (χ4v) is 2.74. The summed E-state index contributed by atoms with van der Waals surface area (Å²) in [5.74, 6) is 0.763. The van der Waals surface area contributed by atoms with E-state index in [1.54, 1.807) is 7.11 Å². The lowest BCUT2D eigenvalue weighted by atomic mass is 10.1. The highest BCUT2D eigenvalue weighted by atomic mass is 16.5. The molecule has 0 aromatic heterocycles. The minimum atomic E-state index is 0.172. The summed E-state index contributed by atoms with van der Waals surface area (Å²) >= 11 is 0. The van der Waals surface area contributed by atoms with Gasteiger partial charge in [-0.2, -0.15) is 0 Å². The van der Waals surface area contributed by atoms with Crippen molar-refractivity contribution in [2.24, 2.45) is 5.92 Å². The molecular formula is C16H35N3O. The molecular weight excluding hydrogens is 250 g/mol. The standard InChI is InChI=1S/C16H35N3O/c1-14(2)12-18-7-9-19(10-8-18)15(13-20-6)11-17-16(3,4)5/h14-15,17H,7-13H2,1-6H3. The van der Waals surface area contributed by atoms with Gasteiger partial charge in [-0.1, -0.05) is 13.8 Å². The molecule has 0 spiro atoms. The van der Waals surface area contributed by atoms with Crippen molar-refractivity contribution in [2.75, 3.05) is 53.0 Å². The fraction of sp³-hybridized carbons (Fsp3) is 1.00. The van der Waals surface area contributed by atoms with Gasteiger partial charge in [0.05, 0.1) is 6.61 Å². The zero-order valence-corrected chi connectivity index (χ0v) is 14.4. The quantitative estimate of drug-likeness (QED) is 0.770. The van der Waals surface area contributed by atoms with Crippen LogP contribution in [0.15, 0.2) is 0 Å². The second-order valence-electron chi connectivity index (χ2n) is 7.47. The van der Waals surface area contributed by atoms with Crippen molar-refractivity contribution in [3.63, 3.8) is 0 Å². The summed E-state index contributed by atoms with van der Waals surface area (Å²) in [4.78, 5) is 5.17. The second-order valence-corrected chi connectivity index (χ2v) is 7.47. The van der Waals surface area contributed by atoms with E-state index in [9.17, 15) is 0 Å². The number of piperazine rings is 1. The molecule has 1 saturated heterocycles. The third-order valence-corrected chi connectivity index (χ3v) is 3.77. The van der Waals surface area contributed by atoms with E-state index in [0.717, 1.165) is 32.2 Å². The zero-order valence-electron chi connectivity index (χ0n) is 14.4. The first-order valence-corrected chi connectivity index (χ1v) is 8.02. The van der Waals surface area contributed by atoms with E-state index < -0.39 is 0 Å². The Morgan fingerprint density at radius 3 is 2.15 bits per heavy atom. The molecule has 1 atom stereocenters. The van der Waals surface area contributed by atoms with Crippen LogP contribution < -0.4 is 5.32 Å². The number of nitrogens with one attached hydrogen (secondary N) is 1. The van der Waals surface area contributed by atoms with Crippen LogP contribution in [0.4, 0.5) is 0 Å². The highest BCUT2D eigenvalue weighted by Crippen LogP contribution is 2.10. The van der Waals surface area contributed by atoms with Crippen molar-refractivity contribution in [3.05, 3.63) is 0 Å². The molecule has 1 fully saturated rings. The summed E-state index contributed by atoms with van der Waals surface area (Å²) in [5.41, 5.74) is 0.172. The van der Waals surface area contributed by atoms with Crippen molar-refractivity contribution >= 4 is 0 Å². The average Bonchev–Trinajstić information content (AvgIpc) is 2.34. The molecule has 0 saturated carbocycles. The van der Waals surface area contributed by atoms with Crippen LogP contribution in [-0.4, -0.2) is 74.4 Å². The highest BCUT2D eigenvalue weighted by Gasteiger charge is 2.25. The Labute approximate surface area is 125 Å². The summed E-state index contributed by atoms with van der Waals surface area (Å²) in [6.07, 6.45) is 0. The van der Waals surface area contributed by atoms with Crippen molar-refractivity contribution in [3.8, 4) is 0 Å². The number of rotatable bonds is 7. The molecule has 1 N–H and O–H groups in total. The van der Waals surface area contributed by atoms with E-state index in [1.807, 2.05) is 0 Å². The van der Waals surface area contributed by atoms with E-state index in [-0.39, 0.29) is 5.54 Å². The van der Waals surface area contributed by atoms with Crippen LogP contribution in [0, 0.1) is 5.92 Å². The lowest BCUT2D eigenvalue weighted by molar-refractivity contribution is 0.0439. The van der Waals surface area contributed by atoms with Crippen LogP contribution in [0.3, 0.4) is 0 Å². The molecule has 1 aliphatic heterocycles. The molecule has 0 amide bonds. The van der Waals surface area contributed by atoms with Crippen LogP contribution in [0.25, 0.3) is 0 Å². The van der Waals surface area contributed by atoms with Crippen LogP contribution >= 0.6 is 0 Å². The SMILES string of the molecule is COCC(CNC(C)(C)C)N1CCN(CC(C)C)CC1. The number of hydrogen-bond donors (Lipinski definition) is 1. The van der Waals surface area contributed by atoms with E-state index in [4.69, 9.17) is 4.74 Å². The van der Waals surface area contributed by atoms with Gasteiger partial charge in [0.15, 0.2) is 0 Å². The maximum Gasteiger partial charge on any atom is 0.0630 e. The summed E-state index contributed by atoms with van der Waals surface area (Å²) in [6, 6.07) is 0.487. The topological polar surface area (TPSA) is 27.7 Å². The van der Waals surface area contributed by atoms with Gasteiger partial charge in [0.1, 0.15) is 0 Å². The molecule has 4 heteroatoms. The maximum atomic E-state index is 5.42. The van der Waals surface area contributed by atoms with Crippen molar-refractivity contribution in [1.29, 1.82) is 0 Å². The minimum Gasteiger partial charge on any atom is -0.383 e. The van der Waals surface area contributed by atoms with Crippen LogP contribution in [0.1, 0.15) is 34.6 Å². The van der Waals surface area contributed by atoms with E-state index >= 15 is 0 Å². The normalized spacial score (nSPS) is 20.6. The highest BCUT2D eigenvalue weighted by molar-refractivity contribution is 4.83.